The van der Waals surface area contributed by atoms with Gasteiger partial charge in [-0.1, -0.05) is 19.6 Å². The highest BCUT2D eigenvalue weighted by Gasteiger charge is 2.39. The van der Waals surface area contributed by atoms with Gasteiger partial charge < -0.3 is 20.3 Å². The third kappa shape index (κ3) is 5.98. The molecule has 1 aromatic heterocycles. The molecule has 1 aromatic rings. The Morgan fingerprint density at radius 3 is 2.55 bits per heavy atom. The molecule has 0 bridgehead atoms. The van der Waals surface area contributed by atoms with Crippen molar-refractivity contribution in [3.63, 3.8) is 0 Å². The SMILES string of the molecule is CC1NC(=O)C=CC1=c1ccc(=C2NC(C(F)(F)F)=CN2COCC[Si](C)(C)C)cn1. The molecule has 3 rings (SSSR count). The molecule has 10 heteroatoms. The predicted octanol–water partition coefficient (Wildman–Crippen LogP) is 1.99. The summed E-state index contributed by atoms with van der Waals surface area (Å²) in [6.07, 6.45) is 1.17. The van der Waals surface area contributed by atoms with Crippen LogP contribution in [0.4, 0.5) is 13.2 Å². The highest BCUT2D eigenvalue weighted by Crippen LogP contribution is 2.29. The van der Waals surface area contributed by atoms with Crippen LogP contribution in [0.15, 0.2) is 42.4 Å². The van der Waals surface area contributed by atoms with Crippen molar-refractivity contribution in [3.05, 3.63) is 52.9 Å². The summed E-state index contributed by atoms with van der Waals surface area (Å²) >= 11 is 0. The minimum absolute atomic E-state index is 0.0112. The van der Waals surface area contributed by atoms with Crippen LogP contribution >= 0.6 is 0 Å². The topological polar surface area (TPSA) is 66.5 Å². The van der Waals surface area contributed by atoms with Crippen molar-refractivity contribution in [3.8, 4) is 0 Å². The summed E-state index contributed by atoms with van der Waals surface area (Å²) in [6, 6.07) is 4.16. The first-order valence-electron chi connectivity index (χ1n) is 10.0. The summed E-state index contributed by atoms with van der Waals surface area (Å²) in [7, 11) is -1.30. The molecule has 6 nitrogen and oxygen atoms in total. The smallest absolute Gasteiger partial charge is 0.361 e. The van der Waals surface area contributed by atoms with E-state index < -0.39 is 19.9 Å². The number of ether oxygens (including phenoxy) is 1. The molecule has 0 saturated carbocycles. The molecule has 2 N–H and O–H groups in total. The molecule has 1 amide bonds. The summed E-state index contributed by atoms with van der Waals surface area (Å²) in [5.74, 6) is 0.0963. The van der Waals surface area contributed by atoms with Gasteiger partial charge in [-0.3, -0.25) is 9.78 Å². The van der Waals surface area contributed by atoms with Crippen LogP contribution in [0.3, 0.4) is 0 Å². The molecule has 168 valence electrons. The molecule has 0 fully saturated rings. The molecule has 0 aliphatic carbocycles. The summed E-state index contributed by atoms with van der Waals surface area (Å²) in [6.45, 7) is 9.00. The fourth-order valence-corrected chi connectivity index (χ4v) is 3.89. The maximum absolute atomic E-state index is 13.3. The highest BCUT2D eigenvalue weighted by atomic mass is 28.3. The second-order valence-electron chi connectivity index (χ2n) is 8.78. The number of halogens is 3. The van der Waals surface area contributed by atoms with Gasteiger partial charge >= 0.3 is 6.18 Å². The van der Waals surface area contributed by atoms with Crippen LogP contribution in [0.1, 0.15) is 6.92 Å². The Morgan fingerprint density at radius 2 is 1.97 bits per heavy atom. The van der Waals surface area contributed by atoms with Gasteiger partial charge in [-0.05, 0) is 36.7 Å². The molecule has 1 atom stereocenters. The van der Waals surface area contributed by atoms with E-state index in [-0.39, 0.29) is 24.5 Å². The number of nitrogens with one attached hydrogen (secondary N) is 2. The van der Waals surface area contributed by atoms with Gasteiger partial charge in [0, 0.05) is 38.4 Å². The molecule has 1 unspecified atom stereocenters. The zero-order valence-electron chi connectivity index (χ0n) is 18.0. The van der Waals surface area contributed by atoms with E-state index in [0.29, 0.717) is 17.2 Å². The molecule has 0 radical (unpaired) electrons. The van der Waals surface area contributed by atoms with E-state index >= 15 is 0 Å². The van der Waals surface area contributed by atoms with Crippen molar-refractivity contribution in [2.45, 2.75) is 44.8 Å². The van der Waals surface area contributed by atoms with E-state index in [2.05, 4.69) is 35.3 Å². The normalized spacial score (nSPS) is 22.9. The summed E-state index contributed by atoms with van der Waals surface area (Å²) in [5.41, 5.74) is -0.0162. The number of carbonyl (C=O) groups excluding carboxylic acids is 1. The lowest BCUT2D eigenvalue weighted by Crippen LogP contribution is -2.38. The Labute approximate surface area is 180 Å². The minimum atomic E-state index is -4.50. The molecule has 0 spiro atoms. The predicted molar refractivity (Wildman–Crippen MR) is 115 cm³/mol. The first kappa shape index (κ1) is 23.1. The third-order valence-corrected chi connectivity index (χ3v) is 6.63. The van der Waals surface area contributed by atoms with Crippen LogP contribution in [-0.2, 0) is 9.53 Å². The second-order valence-corrected chi connectivity index (χ2v) is 14.4. The Kier molecular flexibility index (Phi) is 6.61. The number of aromatic nitrogens is 1. The number of nitrogens with zero attached hydrogens (tertiary/aromatic N) is 2. The van der Waals surface area contributed by atoms with E-state index in [4.69, 9.17) is 4.74 Å². The van der Waals surface area contributed by atoms with Crippen LogP contribution in [0.2, 0.25) is 25.7 Å². The molecular weight excluding hydrogens is 425 g/mol. The van der Waals surface area contributed by atoms with Gasteiger partial charge in [0.1, 0.15) is 18.2 Å². The lowest BCUT2D eigenvalue weighted by Gasteiger charge is -2.20. The number of pyridine rings is 1. The van der Waals surface area contributed by atoms with Crippen molar-refractivity contribution in [2.75, 3.05) is 13.3 Å². The number of amides is 1. The van der Waals surface area contributed by atoms with E-state index in [1.807, 2.05) is 6.92 Å². The van der Waals surface area contributed by atoms with Crippen LogP contribution in [0, 0.1) is 0 Å². The molecule has 0 saturated heterocycles. The minimum Gasteiger partial charge on any atom is -0.361 e. The van der Waals surface area contributed by atoms with E-state index in [9.17, 15) is 18.0 Å². The quantitative estimate of drug-likeness (QED) is 0.529. The lowest BCUT2D eigenvalue weighted by atomic mass is 10.0. The Hall–Kier alpha value is -2.59. The van der Waals surface area contributed by atoms with Crippen molar-refractivity contribution < 1.29 is 22.7 Å². The monoisotopic (exact) mass is 452 g/mol. The fourth-order valence-electron chi connectivity index (χ4n) is 3.14. The third-order valence-electron chi connectivity index (χ3n) is 4.93. The maximum atomic E-state index is 13.3. The van der Waals surface area contributed by atoms with Gasteiger partial charge in [-0.15, -0.1) is 0 Å². The Bertz CT molecular complexity index is 1010. The summed E-state index contributed by atoms with van der Waals surface area (Å²) in [4.78, 5) is 17.3. The van der Waals surface area contributed by atoms with Crippen LogP contribution in [-0.4, -0.2) is 49.4 Å². The molecule has 2 aliphatic heterocycles. The average molecular weight is 453 g/mol. The van der Waals surface area contributed by atoms with E-state index in [1.165, 1.54) is 17.2 Å². The fraction of sp³-hybridized carbons (Fsp3) is 0.429. The van der Waals surface area contributed by atoms with Gasteiger partial charge in [-0.25, -0.2) is 0 Å². The van der Waals surface area contributed by atoms with E-state index in [0.717, 1.165) is 17.8 Å². The standard InChI is InChI=1S/C21H27F3N4O2Si/c1-14-16(6-8-19(29)26-14)17-7-5-15(11-25-17)20-27-18(21(22,23)24)12-28(20)13-30-9-10-31(2,3)4/h5-8,11-12,14,27H,9-10,13H2,1-4H3,(H,26,29). The average Bonchev–Trinajstić information content (AvgIpc) is 3.09. The van der Waals surface area contributed by atoms with Gasteiger partial charge in [0.15, 0.2) is 0 Å². The number of hydrogen-bond acceptors (Lipinski definition) is 5. The van der Waals surface area contributed by atoms with Crippen molar-refractivity contribution in [1.82, 2.24) is 20.5 Å². The number of hydrogen-bond donors (Lipinski definition) is 2. The van der Waals surface area contributed by atoms with Crippen molar-refractivity contribution >= 4 is 25.4 Å². The molecule has 0 aromatic carbocycles. The molecule has 2 aliphatic rings. The molecule has 31 heavy (non-hydrogen) atoms. The first-order chi connectivity index (χ1) is 14.4. The Morgan fingerprint density at radius 1 is 1.23 bits per heavy atom. The van der Waals surface area contributed by atoms with Gasteiger partial charge in [0.2, 0.25) is 5.91 Å². The first-order valence-corrected chi connectivity index (χ1v) is 13.7. The number of carbonyl (C=O) groups is 1. The summed E-state index contributed by atoms with van der Waals surface area (Å²) in [5, 5.41) is 6.40. The largest absolute Gasteiger partial charge is 0.432 e. The van der Waals surface area contributed by atoms with Crippen LogP contribution in [0.5, 0.6) is 0 Å². The summed E-state index contributed by atoms with van der Waals surface area (Å²) < 4.78 is 45.5. The van der Waals surface area contributed by atoms with Gasteiger partial charge in [-0.2, -0.15) is 13.2 Å². The van der Waals surface area contributed by atoms with Gasteiger partial charge in [0.05, 0.1) is 11.4 Å². The highest BCUT2D eigenvalue weighted by molar-refractivity contribution is 6.76. The molecule has 3 heterocycles. The van der Waals surface area contributed by atoms with Crippen LogP contribution < -0.4 is 21.2 Å². The van der Waals surface area contributed by atoms with Crippen molar-refractivity contribution in [2.24, 2.45) is 0 Å². The maximum Gasteiger partial charge on any atom is 0.432 e. The second kappa shape index (κ2) is 8.87. The number of allylic oxidation sites excluding steroid dienone is 1. The van der Waals surface area contributed by atoms with Gasteiger partial charge in [0.25, 0.3) is 0 Å². The number of alkyl halides is 3. The number of rotatable bonds is 5. The van der Waals surface area contributed by atoms with Crippen molar-refractivity contribution in [1.29, 1.82) is 0 Å². The Balaban J connectivity index is 1.89. The zero-order chi connectivity index (χ0) is 22.8. The lowest BCUT2D eigenvalue weighted by molar-refractivity contribution is -0.116. The van der Waals surface area contributed by atoms with Crippen LogP contribution in [0.25, 0.3) is 11.4 Å². The van der Waals surface area contributed by atoms with E-state index in [1.54, 1.807) is 18.2 Å². The zero-order valence-corrected chi connectivity index (χ0v) is 19.0. The molecular formula is C21H27F3N4O2Si.